The van der Waals surface area contributed by atoms with Gasteiger partial charge in [0, 0.05) is 5.54 Å². The fraction of sp³-hybridized carbons (Fsp3) is 1.00. The van der Waals surface area contributed by atoms with E-state index < -0.39 is 0 Å². The van der Waals surface area contributed by atoms with Crippen LogP contribution in [0.25, 0.3) is 0 Å². The molecule has 5 aliphatic carbocycles. The summed E-state index contributed by atoms with van der Waals surface area (Å²) in [5.41, 5.74) is 6.68. The second-order valence-corrected chi connectivity index (χ2v) is 5.01. The second kappa shape index (κ2) is 1.82. The number of nitrogens with two attached hydrogens (primary N) is 1. The summed E-state index contributed by atoms with van der Waals surface area (Å²) in [6.07, 6.45) is 8.55. The Balaban J connectivity index is 1.99. The van der Waals surface area contributed by atoms with E-state index in [4.69, 9.17) is 5.73 Å². The van der Waals surface area contributed by atoms with Gasteiger partial charge in [0.25, 0.3) is 0 Å². The summed E-state index contributed by atoms with van der Waals surface area (Å²) in [6, 6.07) is 0. The molecule has 1 heteroatoms. The minimum absolute atomic E-state index is 0.303. The van der Waals surface area contributed by atoms with Gasteiger partial charge >= 0.3 is 0 Å². The molecule has 2 N–H and O–H groups in total. The van der Waals surface area contributed by atoms with Crippen LogP contribution >= 0.6 is 0 Å². The Bertz CT molecular complexity index is 189. The molecule has 5 rings (SSSR count). The van der Waals surface area contributed by atoms with Gasteiger partial charge in [-0.2, -0.15) is 0 Å². The number of fused-ring (bicyclic) bond motifs is 2. The van der Waals surface area contributed by atoms with Crippen LogP contribution in [-0.2, 0) is 0 Å². The fourth-order valence-corrected chi connectivity index (χ4v) is 3.89. The van der Waals surface area contributed by atoms with Gasteiger partial charge in [0.1, 0.15) is 0 Å². The predicted molar refractivity (Wildman–Crippen MR) is 45.1 cm³/mol. The molecule has 5 aliphatic rings. The lowest BCUT2D eigenvalue weighted by Gasteiger charge is -2.58. The Labute approximate surface area is 68.3 Å². The molecule has 4 unspecified atom stereocenters. The SMILES string of the molecule is NC12CCC3CC1CCC3C2. The molecule has 1 nitrogen and oxygen atoms in total. The lowest BCUT2D eigenvalue weighted by atomic mass is 9.50. The van der Waals surface area contributed by atoms with E-state index >= 15 is 0 Å². The van der Waals surface area contributed by atoms with Crippen molar-refractivity contribution < 1.29 is 0 Å². The summed E-state index contributed by atoms with van der Waals surface area (Å²) >= 11 is 0. The molecule has 0 radical (unpaired) electrons. The van der Waals surface area contributed by atoms with E-state index in [1.165, 1.54) is 38.5 Å². The highest BCUT2D eigenvalue weighted by atomic mass is 14.8. The van der Waals surface area contributed by atoms with Crippen molar-refractivity contribution in [1.82, 2.24) is 0 Å². The fourth-order valence-electron chi connectivity index (χ4n) is 3.89. The summed E-state index contributed by atoms with van der Waals surface area (Å²) in [6.45, 7) is 0. The van der Waals surface area contributed by atoms with E-state index in [2.05, 4.69) is 0 Å². The summed E-state index contributed by atoms with van der Waals surface area (Å²) in [5.74, 6) is 3.02. The molecule has 0 heterocycles. The summed E-state index contributed by atoms with van der Waals surface area (Å²) in [4.78, 5) is 0. The van der Waals surface area contributed by atoms with Crippen LogP contribution in [0.5, 0.6) is 0 Å². The Hall–Kier alpha value is -0.0400. The van der Waals surface area contributed by atoms with Crippen molar-refractivity contribution >= 4 is 0 Å². The monoisotopic (exact) mass is 151 g/mol. The van der Waals surface area contributed by atoms with E-state index in [0.717, 1.165) is 17.8 Å². The van der Waals surface area contributed by atoms with E-state index in [-0.39, 0.29) is 0 Å². The van der Waals surface area contributed by atoms with Crippen molar-refractivity contribution in [3.63, 3.8) is 0 Å². The molecule has 0 spiro atoms. The summed E-state index contributed by atoms with van der Waals surface area (Å²) < 4.78 is 0. The van der Waals surface area contributed by atoms with Crippen molar-refractivity contribution in [2.75, 3.05) is 0 Å². The maximum Gasteiger partial charge on any atom is 0.0185 e. The Morgan fingerprint density at radius 1 is 1.09 bits per heavy atom. The van der Waals surface area contributed by atoms with Crippen LogP contribution in [0, 0.1) is 17.8 Å². The van der Waals surface area contributed by atoms with Gasteiger partial charge in [-0.1, -0.05) is 0 Å². The zero-order valence-corrected chi connectivity index (χ0v) is 7.05. The number of hydrogen-bond donors (Lipinski definition) is 1. The standard InChI is InChI=1S/C10H17N/c11-10-4-3-7-5-9(10)2-1-8(7)6-10/h7-9H,1-6,11H2. The first-order chi connectivity index (χ1) is 5.28. The maximum atomic E-state index is 6.38. The molecule has 62 valence electrons. The number of rotatable bonds is 0. The molecule has 0 aromatic heterocycles. The Morgan fingerprint density at radius 3 is 2.55 bits per heavy atom. The highest BCUT2D eigenvalue weighted by Crippen LogP contribution is 2.56. The minimum atomic E-state index is 0.303. The van der Waals surface area contributed by atoms with Crippen molar-refractivity contribution in [3.8, 4) is 0 Å². The summed E-state index contributed by atoms with van der Waals surface area (Å²) in [5, 5.41) is 0. The van der Waals surface area contributed by atoms with Crippen LogP contribution in [0.3, 0.4) is 0 Å². The normalized spacial score (nSPS) is 60.3. The predicted octanol–water partition coefficient (Wildman–Crippen LogP) is 1.91. The van der Waals surface area contributed by atoms with Gasteiger partial charge in [0.2, 0.25) is 0 Å². The molecule has 0 aliphatic heterocycles. The number of hydrogen-bond acceptors (Lipinski definition) is 1. The van der Waals surface area contributed by atoms with Crippen LogP contribution in [0.15, 0.2) is 0 Å². The van der Waals surface area contributed by atoms with Gasteiger partial charge in [0.15, 0.2) is 0 Å². The van der Waals surface area contributed by atoms with E-state index in [1.807, 2.05) is 0 Å². The topological polar surface area (TPSA) is 26.0 Å². The van der Waals surface area contributed by atoms with Crippen LogP contribution in [0.4, 0.5) is 0 Å². The van der Waals surface area contributed by atoms with Crippen molar-refractivity contribution in [3.05, 3.63) is 0 Å². The molecular formula is C10H17N. The maximum absolute atomic E-state index is 6.38. The molecule has 0 amide bonds. The first-order valence-electron chi connectivity index (χ1n) is 5.07. The van der Waals surface area contributed by atoms with E-state index in [0.29, 0.717) is 5.54 Å². The van der Waals surface area contributed by atoms with Gasteiger partial charge < -0.3 is 5.73 Å². The first kappa shape index (κ1) is 6.47. The third-order valence-corrected chi connectivity index (χ3v) is 4.58. The quantitative estimate of drug-likeness (QED) is 0.562. The van der Waals surface area contributed by atoms with Crippen molar-refractivity contribution in [1.29, 1.82) is 0 Å². The average Bonchev–Trinajstić information content (AvgIpc) is 2.03. The summed E-state index contributed by atoms with van der Waals surface area (Å²) in [7, 11) is 0. The highest BCUT2D eigenvalue weighted by Gasteiger charge is 2.52. The molecule has 0 aromatic rings. The average molecular weight is 151 g/mol. The van der Waals surface area contributed by atoms with Crippen LogP contribution < -0.4 is 5.73 Å². The highest BCUT2D eigenvalue weighted by molar-refractivity contribution is 5.07. The second-order valence-electron chi connectivity index (χ2n) is 5.01. The van der Waals surface area contributed by atoms with Gasteiger partial charge in [-0.3, -0.25) is 0 Å². The largest absolute Gasteiger partial charge is 0.325 e. The zero-order valence-electron chi connectivity index (χ0n) is 7.05. The van der Waals surface area contributed by atoms with E-state index in [9.17, 15) is 0 Å². The third-order valence-electron chi connectivity index (χ3n) is 4.58. The van der Waals surface area contributed by atoms with Crippen LogP contribution in [-0.4, -0.2) is 5.54 Å². The van der Waals surface area contributed by atoms with Gasteiger partial charge in [-0.05, 0) is 56.3 Å². The molecule has 0 saturated heterocycles. The lowest BCUT2D eigenvalue weighted by Crippen LogP contribution is -2.60. The zero-order chi connectivity index (χ0) is 7.47. The molecule has 5 fully saturated rings. The Morgan fingerprint density at radius 2 is 2.00 bits per heavy atom. The first-order valence-corrected chi connectivity index (χ1v) is 5.07. The molecule has 0 aromatic carbocycles. The smallest absolute Gasteiger partial charge is 0.0185 e. The molecular weight excluding hydrogens is 134 g/mol. The van der Waals surface area contributed by atoms with Gasteiger partial charge in [-0.15, -0.1) is 0 Å². The van der Waals surface area contributed by atoms with Crippen LogP contribution in [0.1, 0.15) is 38.5 Å². The van der Waals surface area contributed by atoms with Gasteiger partial charge in [0.05, 0.1) is 0 Å². The lowest BCUT2D eigenvalue weighted by molar-refractivity contribution is -0.0371. The molecule has 4 bridgehead atoms. The third kappa shape index (κ3) is 0.703. The molecule has 11 heavy (non-hydrogen) atoms. The van der Waals surface area contributed by atoms with Gasteiger partial charge in [-0.25, -0.2) is 0 Å². The van der Waals surface area contributed by atoms with E-state index in [1.54, 1.807) is 0 Å². The molecule has 5 saturated carbocycles. The Kier molecular flexibility index (Phi) is 1.07. The minimum Gasteiger partial charge on any atom is -0.325 e. The molecule has 4 atom stereocenters. The van der Waals surface area contributed by atoms with Crippen LogP contribution in [0.2, 0.25) is 0 Å². The van der Waals surface area contributed by atoms with Crippen molar-refractivity contribution in [2.45, 2.75) is 44.1 Å². The van der Waals surface area contributed by atoms with Crippen molar-refractivity contribution in [2.24, 2.45) is 23.5 Å².